The number of piperidine rings is 1. The van der Waals surface area contributed by atoms with Gasteiger partial charge in [-0.05, 0) is 81.3 Å². The topological polar surface area (TPSA) is 62.5 Å². The summed E-state index contributed by atoms with van der Waals surface area (Å²) in [6.07, 6.45) is 2.64. The molecule has 0 bridgehead atoms. The van der Waals surface area contributed by atoms with E-state index >= 15 is 0 Å². The Morgan fingerprint density at radius 1 is 1.15 bits per heavy atom. The van der Waals surface area contributed by atoms with Gasteiger partial charge in [0.1, 0.15) is 0 Å². The molecule has 3 aromatic rings. The lowest BCUT2D eigenvalue weighted by Crippen LogP contribution is -2.45. The number of aliphatic carboxylic acids is 1. The van der Waals surface area contributed by atoms with Gasteiger partial charge in [-0.1, -0.05) is 18.2 Å². The van der Waals surface area contributed by atoms with Crippen LogP contribution in [0.5, 0.6) is 0 Å². The monoisotopic (exact) mass is 484 g/mol. The number of thioether (sulfide) groups is 1. The van der Waals surface area contributed by atoms with Crippen LogP contribution < -0.4 is 5.56 Å². The first-order valence-corrected chi connectivity index (χ1v) is 13.5. The van der Waals surface area contributed by atoms with E-state index in [1.54, 1.807) is 17.4 Å². The highest BCUT2D eigenvalue weighted by Crippen LogP contribution is 2.37. The summed E-state index contributed by atoms with van der Waals surface area (Å²) in [4.78, 5) is 27.4. The molecule has 2 aromatic heterocycles. The Morgan fingerprint density at radius 3 is 2.64 bits per heavy atom. The Hall–Kier alpha value is -2.09. The molecule has 0 amide bonds. The van der Waals surface area contributed by atoms with E-state index in [0.29, 0.717) is 32.2 Å². The van der Waals surface area contributed by atoms with Crippen molar-refractivity contribution in [3.63, 3.8) is 0 Å². The Labute approximate surface area is 203 Å². The maximum atomic E-state index is 12.7. The van der Waals surface area contributed by atoms with Crippen LogP contribution in [0.2, 0.25) is 0 Å². The summed E-state index contributed by atoms with van der Waals surface area (Å²) in [5.41, 5.74) is 2.36. The fourth-order valence-corrected chi connectivity index (χ4v) is 6.72. The molecule has 0 atom stereocenters. The molecule has 176 valence electrons. The zero-order valence-electron chi connectivity index (χ0n) is 19.4. The van der Waals surface area contributed by atoms with Crippen LogP contribution in [0.15, 0.2) is 50.8 Å². The molecule has 1 aliphatic rings. The lowest BCUT2D eigenvalue weighted by molar-refractivity contribution is -0.152. The second kappa shape index (κ2) is 10.5. The third-order valence-corrected chi connectivity index (χ3v) is 9.04. The van der Waals surface area contributed by atoms with E-state index in [4.69, 9.17) is 0 Å². The zero-order chi connectivity index (χ0) is 23.4. The van der Waals surface area contributed by atoms with Crippen LogP contribution in [0.1, 0.15) is 36.8 Å². The molecule has 4 rings (SSSR count). The van der Waals surface area contributed by atoms with Gasteiger partial charge in [0.05, 0.1) is 15.1 Å². The van der Waals surface area contributed by atoms with Crippen LogP contribution in [0, 0.1) is 19.3 Å². The fraction of sp³-hybridized carbons (Fsp3) is 0.462. The van der Waals surface area contributed by atoms with Gasteiger partial charge < -0.3 is 14.6 Å². The highest BCUT2D eigenvalue weighted by Gasteiger charge is 2.40. The molecule has 0 aliphatic carbocycles. The number of pyridine rings is 1. The SMILES string of the molecule is Cc1ccc2c(C)cc(=O)n(CCCC3(C(=O)O)CCN(CCSc4cccs4)CC3)c2c1. The summed E-state index contributed by atoms with van der Waals surface area (Å²) < 4.78 is 3.16. The first-order valence-electron chi connectivity index (χ1n) is 11.6. The summed E-state index contributed by atoms with van der Waals surface area (Å²) in [7, 11) is 0. The first kappa shape index (κ1) is 24.0. The molecule has 3 heterocycles. The average Bonchev–Trinajstić information content (AvgIpc) is 3.30. The minimum Gasteiger partial charge on any atom is -0.481 e. The number of aromatic nitrogens is 1. The minimum absolute atomic E-state index is 0.00645. The van der Waals surface area contributed by atoms with Crippen molar-refractivity contribution in [2.24, 2.45) is 5.41 Å². The number of benzene rings is 1. The lowest BCUT2D eigenvalue weighted by Gasteiger charge is -2.39. The van der Waals surface area contributed by atoms with Gasteiger partial charge in [-0.15, -0.1) is 23.1 Å². The predicted octanol–water partition coefficient (Wildman–Crippen LogP) is 5.42. The number of carboxylic acid groups (broad SMARTS) is 1. The van der Waals surface area contributed by atoms with Crippen molar-refractivity contribution in [1.82, 2.24) is 9.47 Å². The summed E-state index contributed by atoms with van der Waals surface area (Å²) in [5, 5.41) is 13.3. The highest BCUT2D eigenvalue weighted by molar-refractivity contribution is 8.01. The molecular weight excluding hydrogens is 452 g/mol. The van der Waals surface area contributed by atoms with Gasteiger partial charge in [0.15, 0.2) is 0 Å². The van der Waals surface area contributed by atoms with Crippen LogP contribution in [0.25, 0.3) is 10.9 Å². The molecular formula is C26H32N2O3S2. The van der Waals surface area contributed by atoms with Crippen molar-refractivity contribution < 1.29 is 9.90 Å². The van der Waals surface area contributed by atoms with E-state index in [-0.39, 0.29) is 5.56 Å². The van der Waals surface area contributed by atoms with Gasteiger partial charge in [-0.2, -0.15) is 0 Å². The van der Waals surface area contributed by atoms with Gasteiger partial charge in [-0.3, -0.25) is 9.59 Å². The van der Waals surface area contributed by atoms with Gasteiger partial charge >= 0.3 is 5.97 Å². The third-order valence-electron chi connectivity index (χ3n) is 6.93. The molecule has 33 heavy (non-hydrogen) atoms. The molecule has 1 saturated heterocycles. The third kappa shape index (κ3) is 5.53. The number of rotatable bonds is 9. The number of fused-ring (bicyclic) bond motifs is 1. The first-order chi connectivity index (χ1) is 15.9. The number of nitrogens with zero attached hydrogens (tertiary/aromatic N) is 2. The van der Waals surface area contributed by atoms with Gasteiger partial charge in [0.2, 0.25) is 0 Å². The Bertz CT molecular complexity index is 1160. The summed E-state index contributed by atoms with van der Waals surface area (Å²) in [6, 6.07) is 12.1. The summed E-state index contributed by atoms with van der Waals surface area (Å²) >= 11 is 3.64. The van der Waals surface area contributed by atoms with Crippen molar-refractivity contribution in [2.75, 3.05) is 25.4 Å². The number of aryl methyl sites for hydroxylation is 3. The molecule has 1 aliphatic heterocycles. The number of thiophene rings is 1. The number of hydrogen-bond donors (Lipinski definition) is 1. The molecule has 1 N–H and O–H groups in total. The van der Waals surface area contributed by atoms with E-state index < -0.39 is 11.4 Å². The molecule has 0 saturated carbocycles. The van der Waals surface area contributed by atoms with Gasteiger partial charge in [0.25, 0.3) is 5.56 Å². The highest BCUT2D eigenvalue weighted by atomic mass is 32.2. The predicted molar refractivity (Wildman–Crippen MR) is 138 cm³/mol. The number of hydrogen-bond acceptors (Lipinski definition) is 5. The van der Waals surface area contributed by atoms with Crippen LogP contribution in [0.4, 0.5) is 0 Å². The Morgan fingerprint density at radius 2 is 1.94 bits per heavy atom. The van der Waals surface area contributed by atoms with Crippen molar-refractivity contribution >= 4 is 40.0 Å². The van der Waals surface area contributed by atoms with E-state index in [1.165, 1.54) is 4.21 Å². The van der Waals surface area contributed by atoms with Gasteiger partial charge in [0, 0.05) is 30.3 Å². The Balaban J connectivity index is 1.36. The Kier molecular flexibility index (Phi) is 7.62. The second-order valence-corrected chi connectivity index (χ2v) is 11.5. The van der Waals surface area contributed by atoms with Crippen LogP contribution in [-0.4, -0.2) is 45.9 Å². The maximum absolute atomic E-state index is 12.7. The van der Waals surface area contributed by atoms with E-state index in [1.807, 2.05) is 30.2 Å². The largest absolute Gasteiger partial charge is 0.481 e. The molecule has 0 unspecified atom stereocenters. The number of carboxylic acids is 1. The summed E-state index contributed by atoms with van der Waals surface area (Å²) in [5.74, 6) is 0.343. The van der Waals surface area contributed by atoms with Crippen molar-refractivity contribution in [3.8, 4) is 0 Å². The van der Waals surface area contributed by atoms with Crippen LogP contribution >= 0.6 is 23.1 Å². The molecule has 7 heteroatoms. The maximum Gasteiger partial charge on any atom is 0.309 e. The van der Waals surface area contributed by atoms with E-state index in [9.17, 15) is 14.7 Å². The van der Waals surface area contributed by atoms with Crippen molar-refractivity contribution in [1.29, 1.82) is 0 Å². The fourth-order valence-electron chi connectivity index (χ4n) is 4.86. The average molecular weight is 485 g/mol. The minimum atomic E-state index is -0.688. The normalized spacial score (nSPS) is 16.3. The molecule has 0 radical (unpaired) electrons. The number of likely N-dealkylation sites (tertiary alicyclic amines) is 1. The van der Waals surface area contributed by atoms with Crippen molar-refractivity contribution in [3.05, 3.63) is 63.3 Å². The lowest BCUT2D eigenvalue weighted by atomic mass is 9.75. The molecule has 1 aromatic carbocycles. The smallest absolute Gasteiger partial charge is 0.309 e. The molecule has 1 fully saturated rings. The van der Waals surface area contributed by atoms with Crippen LogP contribution in [-0.2, 0) is 11.3 Å². The quantitative estimate of drug-likeness (QED) is 0.411. The van der Waals surface area contributed by atoms with Gasteiger partial charge in [-0.25, -0.2) is 0 Å². The molecule has 5 nitrogen and oxygen atoms in total. The van der Waals surface area contributed by atoms with Crippen molar-refractivity contribution in [2.45, 2.75) is 50.3 Å². The van der Waals surface area contributed by atoms with E-state index in [2.05, 4.69) is 40.6 Å². The standard InChI is InChI=1S/C26H32N2O3S2/c1-19-6-7-21-20(2)18-23(29)28(22(21)17-19)11-4-8-26(25(30)31)9-12-27(13-10-26)14-16-33-24-5-3-15-32-24/h3,5-7,15,17-18H,4,8-14,16H2,1-2H3,(H,30,31). The number of carbonyl (C=O) groups is 1. The zero-order valence-corrected chi connectivity index (χ0v) is 21.0. The molecule has 0 spiro atoms. The van der Waals surface area contributed by atoms with Crippen LogP contribution in [0.3, 0.4) is 0 Å². The summed E-state index contributed by atoms with van der Waals surface area (Å²) in [6.45, 7) is 7.18. The second-order valence-electron chi connectivity index (χ2n) is 9.15. The van der Waals surface area contributed by atoms with E-state index in [0.717, 1.165) is 47.4 Å².